The number of para-hydroxylation sites is 2. The first-order valence-corrected chi connectivity index (χ1v) is 7.55. The van der Waals surface area contributed by atoms with E-state index >= 15 is 0 Å². The molecule has 1 unspecified atom stereocenters. The van der Waals surface area contributed by atoms with Gasteiger partial charge >= 0.3 is 11.9 Å². The lowest BCUT2D eigenvalue weighted by Crippen LogP contribution is -2.61. The number of carbonyl (C=O) groups is 2. The zero-order valence-corrected chi connectivity index (χ0v) is 13.8. The zero-order valence-electron chi connectivity index (χ0n) is 13.8. The zero-order chi connectivity index (χ0) is 17.3. The molecule has 1 atom stereocenters. The fraction of sp³-hybridized carbons (Fsp3) is 0.222. The first-order valence-electron chi connectivity index (χ1n) is 7.55. The average Bonchev–Trinajstić information content (AvgIpc) is 2.84. The van der Waals surface area contributed by atoms with Crippen LogP contribution in [-0.2, 0) is 9.53 Å². The van der Waals surface area contributed by atoms with Crippen LogP contribution < -0.4 is 9.80 Å². The third kappa shape index (κ3) is 2.19. The summed E-state index contributed by atoms with van der Waals surface area (Å²) in [6, 6.07) is 17.4. The van der Waals surface area contributed by atoms with Gasteiger partial charge in [0.2, 0.25) is 0 Å². The molecule has 1 fully saturated rings. The summed E-state index contributed by atoms with van der Waals surface area (Å²) in [5, 5.41) is 0. The van der Waals surface area contributed by atoms with Gasteiger partial charge in [-0.3, -0.25) is 9.69 Å². The van der Waals surface area contributed by atoms with Crippen LogP contribution in [-0.4, -0.2) is 43.9 Å². The van der Waals surface area contributed by atoms with Crippen LogP contribution in [0.1, 0.15) is 0 Å². The molecule has 0 radical (unpaired) electrons. The number of hydrogen-bond acceptors (Lipinski definition) is 4. The smallest absolute Gasteiger partial charge is 0.338 e. The third-order valence-corrected chi connectivity index (χ3v) is 4.09. The standard InChI is InChI=1S/C18H19N3O3/c1-19(2)18(24-3)16(22)20(14-10-6-4-7-11-14)17(23)21(18)15-12-8-5-9-13-15/h4-13H,1-3H3. The molecule has 1 aliphatic heterocycles. The number of carbonyl (C=O) groups excluding carboxylic acids is 2. The van der Waals surface area contributed by atoms with E-state index in [9.17, 15) is 9.59 Å². The molecule has 124 valence electrons. The van der Waals surface area contributed by atoms with Crippen LogP contribution in [0.25, 0.3) is 0 Å². The molecule has 0 N–H and O–H groups in total. The minimum atomic E-state index is -1.53. The van der Waals surface area contributed by atoms with Crippen molar-refractivity contribution >= 4 is 23.3 Å². The highest BCUT2D eigenvalue weighted by Crippen LogP contribution is 2.37. The fourth-order valence-electron chi connectivity index (χ4n) is 2.98. The summed E-state index contributed by atoms with van der Waals surface area (Å²) in [6.45, 7) is 0. The van der Waals surface area contributed by atoms with Gasteiger partial charge in [0.1, 0.15) is 0 Å². The summed E-state index contributed by atoms with van der Waals surface area (Å²) >= 11 is 0. The summed E-state index contributed by atoms with van der Waals surface area (Å²) in [4.78, 5) is 30.4. The number of rotatable bonds is 4. The molecule has 1 heterocycles. The molecule has 0 saturated carbocycles. The summed E-state index contributed by atoms with van der Waals surface area (Å²) in [5.41, 5.74) is 1.10. The van der Waals surface area contributed by atoms with Crippen LogP contribution in [0.2, 0.25) is 0 Å². The monoisotopic (exact) mass is 325 g/mol. The molecule has 0 aromatic heterocycles. The molecule has 24 heavy (non-hydrogen) atoms. The number of benzene rings is 2. The van der Waals surface area contributed by atoms with Gasteiger partial charge in [-0.15, -0.1) is 0 Å². The maximum Gasteiger partial charge on any atom is 0.339 e. The number of methoxy groups -OCH3 is 1. The van der Waals surface area contributed by atoms with Gasteiger partial charge in [0.05, 0.1) is 11.4 Å². The van der Waals surface area contributed by atoms with Crippen molar-refractivity contribution in [2.24, 2.45) is 0 Å². The van der Waals surface area contributed by atoms with Gasteiger partial charge in [0.15, 0.2) is 0 Å². The molecule has 3 amide bonds. The summed E-state index contributed by atoms with van der Waals surface area (Å²) < 4.78 is 5.60. The highest BCUT2D eigenvalue weighted by Gasteiger charge is 2.61. The van der Waals surface area contributed by atoms with E-state index in [-0.39, 0.29) is 0 Å². The largest absolute Gasteiger partial charge is 0.339 e. The molecule has 0 spiro atoms. The first kappa shape index (κ1) is 16.2. The van der Waals surface area contributed by atoms with Crippen molar-refractivity contribution in [2.45, 2.75) is 5.85 Å². The van der Waals surface area contributed by atoms with E-state index in [4.69, 9.17) is 4.74 Å². The molecular weight excluding hydrogens is 306 g/mol. The van der Waals surface area contributed by atoms with Gasteiger partial charge in [-0.05, 0) is 38.4 Å². The SMILES string of the molecule is COC1(N(C)C)C(=O)N(c2ccccc2)C(=O)N1c1ccccc1. The number of ether oxygens (including phenoxy) is 1. The number of likely N-dealkylation sites (N-methyl/N-ethyl adjacent to an activating group) is 1. The number of nitrogens with zero attached hydrogens (tertiary/aromatic N) is 3. The highest BCUT2D eigenvalue weighted by atomic mass is 16.5. The molecule has 0 bridgehead atoms. The molecule has 6 heteroatoms. The maximum atomic E-state index is 13.2. The van der Waals surface area contributed by atoms with Crippen molar-refractivity contribution in [2.75, 3.05) is 31.0 Å². The van der Waals surface area contributed by atoms with Crippen LogP contribution in [0.4, 0.5) is 16.2 Å². The van der Waals surface area contributed by atoms with Gasteiger partial charge in [-0.2, -0.15) is 0 Å². The Morgan fingerprint density at radius 2 is 1.38 bits per heavy atom. The molecule has 2 aromatic rings. The van der Waals surface area contributed by atoms with E-state index in [1.165, 1.54) is 12.0 Å². The van der Waals surface area contributed by atoms with Crippen molar-refractivity contribution < 1.29 is 14.3 Å². The Morgan fingerprint density at radius 3 is 1.83 bits per heavy atom. The lowest BCUT2D eigenvalue weighted by molar-refractivity contribution is -0.155. The highest BCUT2D eigenvalue weighted by molar-refractivity contribution is 6.29. The predicted molar refractivity (Wildman–Crippen MR) is 91.7 cm³/mol. The van der Waals surface area contributed by atoms with Gasteiger partial charge in [-0.25, -0.2) is 14.6 Å². The second-order valence-corrected chi connectivity index (χ2v) is 5.64. The Morgan fingerprint density at radius 1 is 0.875 bits per heavy atom. The van der Waals surface area contributed by atoms with Crippen LogP contribution in [0.3, 0.4) is 0 Å². The number of anilines is 2. The molecule has 1 aliphatic rings. The van der Waals surface area contributed by atoms with Crippen LogP contribution in [0.5, 0.6) is 0 Å². The fourth-order valence-corrected chi connectivity index (χ4v) is 2.98. The van der Waals surface area contributed by atoms with Crippen molar-refractivity contribution in [1.82, 2.24) is 4.90 Å². The lowest BCUT2D eigenvalue weighted by atomic mass is 10.2. The van der Waals surface area contributed by atoms with E-state index in [0.717, 1.165) is 4.90 Å². The quantitative estimate of drug-likeness (QED) is 0.640. The minimum Gasteiger partial charge on any atom is -0.338 e. The van der Waals surface area contributed by atoms with E-state index in [2.05, 4.69) is 0 Å². The Kier molecular flexibility index (Phi) is 4.09. The number of urea groups is 1. The molecule has 0 aliphatic carbocycles. The number of amides is 3. The summed E-state index contributed by atoms with van der Waals surface area (Å²) in [6.07, 6.45) is 0. The molecular formula is C18H19N3O3. The Labute approximate surface area is 140 Å². The maximum absolute atomic E-state index is 13.2. The van der Waals surface area contributed by atoms with E-state index < -0.39 is 17.8 Å². The topological polar surface area (TPSA) is 53.1 Å². The minimum absolute atomic E-state index is 0.449. The molecule has 2 aromatic carbocycles. The van der Waals surface area contributed by atoms with Crippen molar-refractivity contribution in [3.05, 3.63) is 60.7 Å². The van der Waals surface area contributed by atoms with E-state index in [1.807, 2.05) is 24.3 Å². The Balaban J connectivity index is 2.19. The Hall–Kier alpha value is -2.70. The van der Waals surface area contributed by atoms with E-state index in [0.29, 0.717) is 11.4 Å². The molecule has 3 rings (SSSR count). The van der Waals surface area contributed by atoms with Gasteiger partial charge in [0.25, 0.3) is 5.85 Å². The van der Waals surface area contributed by atoms with Crippen LogP contribution >= 0.6 is 0 Å². The van der Waals surface area contributed by atoms with Crippen LogP contribution in [0.15, 0.2) is 60.7 Å². The first-order chi connectivity index (χ1) is 11.5. The summed E-state index contributed by atoms with van der Waals surface area (Å²) in [7, 11) is 4.84. The van der Waals surface area contributed by atoms with Gasteiger partial charge < -0.3 is 4.74 Å². The number of hydrogen-bond donors (Lipinski definition) is 0. The predicted octanol–water partition coefficient (Wildman–Crippen LogP) is 2.52. The molecule has 6 nitrogen and oxygen atoms in total. The van der Waals surface area contributed by atoms with Crippen molar-refractivity contribution in [1.29, 1.82) is 0 Å². The average molecular weight is 325 g/mol. The van der Waals surface area contributed by atoms with Crippen LogP contribution in [0, 0.1) is 0 Å². The second-order valence-electron chi connectivity index (χ2n) is 5.64. The summed E-state index contributed by atoms with van der Waals surface area (Å²) in [5.74, 6) is -1.98. The van der Waals surface area contributed by atoms with Gasteiger partial charge in [-0.1, -0.05) is 36.4 Å². The Bertz CT molecular complexity index is 749. The second kappa shape index (κ2) is 6.07. The number of imide groups is 1. The van der Waals surface area contributed by atoms with Gasteiger partial charge in [0, 0.05) is 7.11 Å². The third-order valence-electron chi connectivity index (χ3n) is 4.09. The molecule has 1 saturated heterocycles. The van der Waals surface area contributed by atoms with E-state index in [1.54, 1.807) is 55.4 Å². The lowest BCUT2D eigenvalue weighted by Gasteiger charge is -2.38. The van der Waals surface area contributed by atoms with Crippen molar-refractivity contribution in [3.8, 4) is 0 Å². The normalized spacial score (nSPS) is 21.0. The van der Waals surface area contributed by atoms with Crippen molar-refractivity contribution in [3.63, 3.8) is 0 Å².